The summed E-state index contributed by atoms with van der Waals surface area (Å²) in [4.78, 5) is 26.1. The first kappa shape index (κ1) is 23.3. The van der Waals surface area contributed by atoms with Gasteiger partial charge in [0.2, 0.25) is 5.60 Å². The molecule has 0 aliphatic rings. The van der Waals surface area contributed by atoms with Gasteiger partial charge in [0.1, 0.15) is 11.4 Å². The molecule has 0 aliphatic carbocycles. The largest absolute Gasteiger partial charge is 0.497 e. The Morgan fingerprint density at radius 2 is 1.72 bits per heavy atom. The van der Waals surface area contributed by atoms with Crippen LogP contribution in [-0.4, -0.2) is 41.1 Å². The van der Waals surface area contributed by atoms with E-state index in [0.717, 1.165) is 5.56 Å². The zero-order valence-electron chi connectivity index (χ0n) is 19.3. The summed E-state index contributed by atoms with van der Waals surface area (Å²) in [5, 5.41) is 12.4. The van der Waals surface area contributed by atoms with E-state index >= 15 is 0 Å². The van der Waals surface area contributed by atoms with Crippen LogP contribution < -0.4 is 4.74 Å². The number of nitrogens with zero attached hydrogens (tertiary/aromatic N) is 1. The Hall–Kier alpha value is -3.32. The molecule has 0 radical (unpaired) electrons. The van der Waals surface area contributed by atoms with Crippen molar-refractivity contribution in [3.63, 3.8) is 0 Å². The number of fused-ring (bicyclic) bond motifs is 1. The minimum atomic E-state index is -2.15. The van der Waals surface area contributed by atoms with Gasteiger partial charge in [0, 0.05) is 17.1 Å². The molecule has 1 atom stereocenters. The van der Waals surface area contributed by atoms with E-state index in [-0.39, 0.29) is 12.2 Å². The number of carbonyl (C=O) groups excluding carboxylic acids is 2. The molecule has 7 heteroatoms. The lowest BCUT2D eigenvalue weighted by molar-refractivity contribution is -0.161. The van der Waals surface area contributed by atoms with Crippen molar-refractivity contribution >= 4 is 23.0 Å². The van der Waals surface area contributed by atoms with Gasteiger partial charge in [-0.05, 0) is 64.4 Å². The summed E-state index contributed by atoms with van der Waals surface area (Å²) in [6.45, 7) is 8.96. The third-order valence-electron chi connectivity index (χ3n) is 5.02. The van der Waals surface area contributed by atoms with Crippen LogP contribution in [0.5, 0.6) is 5.75 Å². The molecule has 0 fully saturated rings. The molecule has 0 bridgehead atoms. The Morgan fingerprint density at radius 1 is 1.06 bits per heavy atom. The average molecular weight is 440 g/mol. The molecule has 1 aromatic heterocycles. The molecule has 3 aromatic rings. The number of hydrogen-bond acceptors (Lipinski definition) is 6. The second-order valence-electron chi connectivity index (χ2n) is 8.57. The van der Waals surface area contributed by atoms with Gasteiger partial charge in [0.25, 0.3) is 0 Å². The summed E-state index contributed by atoms with van der Waals surface area (Å²) in [7, 11) is 1.53. The molecule has 0 aliphatic heterocycles. The molecule has 0 spiro atoms. The molecule has 0 saturated heterocycles. The van der Waals surface area contributed by atoms with Crippen LogP contribution in [0.15, 0.2) is 48.7 Å². The number of aliphatic hydroxyl groups is 1. The van der Waals surface area contributed by atoms with Crippen LogP contribution in [0, 0.1) is 6.92 Å². The molecule has 32 heavy (non-hydrogen) atoms. The predicted octanol–water partition coefficient (Wildman–Crippen LogP) is 4.54. The highest BCUT2D eigenvalue weighted by atomic mass is 16.6. The maximum atomic E-state index is 13.1. The number of methoxy groups -OCH3 is 1. The molecule has 2 aromatic carbocycles. The first-order chi connectivity index (χ1) is 15.0. The van der Waals surface area contributed by atoms with Crippen molar-refractivity contribution in [2.24, 2.45) is 0 Å². The van der Waals surface area contributed by atoms with Gasteiger partial charge in [-0.25, -0.2) is 9.59 Å². The van der Waals surface area contributed by atoms with E-state index in [1.54, 1.807) is 58.0 Å². The number of rotatable bonds is 5. The molecule has 1 N–H and O–H groups in total. The lowest BCUT2D eigenvalue weighted by atomic mass is 9.86. The van der Waals surface area contributed by atoms with E-state index in [0.29, 0.717) is 22.2 Å². The number of aryl methyl sites for hydroxylation is 1. The zero-order valence-corrected chi connectivity index (χ0v) is 19.3. The van der Waals surface area contributed by atoms with Crippen molar-refractivity contribution in [2.45, 2.75) is 45.8 Å². The van der Waals surface area contributed by atoms with E-state index in [4.69, 9.17) is 14.2 Å². The molecule has 7 nitrogen and oxygen atoms in total. The van der Waals surface area contributed by atoms with E-state index < -0.39 is 23.3 Å². The summed E-state index contributed by atoms with van der Waals surface area (Å²) in [5.74, 6) is -0.262. The number of esters is 1. The van der Waals surface area contributed by atoms with Crippen molar-refractivity contribution in [3.05, 3.63) is 65.4 Å². The maximum Gasteiger partial charge on any atom is 0.419 e. The standard InChI is InChI=1S/C25H29NO6/c1-7-31-22(27)25(29,17-9-11-18(30-6)12-10-17)20-15-26(23(28)32-24(3,4)5)21-13-8-16(2)14-19(20)21/h8-15,29H,7H2,1-6H3/t25-/m1/s1. The summed E-state index contributed by atoms with van der Waals surface area (Å²) < 4.78 is 17.3. The average Bonchev–Trinajstić information content (AvgIpc) is 3.11. The lowest BCUT2D eigenvalue weighted by Crippen LogP contribution is -2.38. The number of hydrogen-bond donors (Lipinski definition) is 1. The Bertz CT molecular complexity index is 1140. The smallest absolute Gasteiger partial charge is 0.419 e. The highest BCUT2D eigenvalue weighted by molar-refractivity contribution is 5.98. The lowest BCUT2D eigenvalue weighted by Gasteiger charge is -2.26. The van der Waals surface area contributed by atoms with Crippen molar-refractivity contribution in [2.75, 3.05) is 13.7 Å². The minimum absolute atomic E-state index is 0.0844. The summed E-state index contributed by atoms with van der Waals surface area (Å²) in [6.07, 6.45) is 0.831. The fraction of sp³-hybridized carbons (Fsp3) is 0.360. The molecule has 1 heterocycles. The quantitative estimate of drug-likeness (QED) is 0.588. The van der Waals surface area contributed by atoms with E-state index in [2.05, 4.69) is 0 Å². The predicted molar refractivity (Wildman–Crippen MR) is 121 cm³/mol. The summed E-state index contributed by atoms with van der Waals surface area (Å²) in [5.41, 5.74) is -0.932. The Balaban J connectivity index is 2.29. The zero-order chi connectivity index (χ0) is 23.7. The molecule has 0 amide bonds. The number of carbonyl (C=O) groups is 2. The molecule has 3 rings (SSSR count). The first-order valence-corrected chi connectivity index (χ1v) is 10.4. The normalized spacial score (nSPS) is 13.5. The van der Waals surface area contributed by atoms with Crippen LogP contribution in [-0.2, 0) is 19.9 Å². The van der Waals surface area contributed by atoms with Gasteiger partial charge in [-0.1, -0.05) is 23.8 Å². The van der Waals surface area contributed by atoms with Crippen LogP contribution in [0.25, 0.3) is 10.9 Å². The highest BCUT2D eigenvalue weighted by Crippen LogP contribution is 2.38. The highest BCUT2D eigenvalue weighted by Gasteiger charge is 2.44. The third-order valence-corrected chi connectivity index (χ3v) is 5.02. The monoisotopic (exact) mass is 439 g/mol. The van der Waals surface area contributed by atoms with Crippen LogP contribution in [0.1, 0.15) is 44.4 Å². The molecular formula is C25H29NO6. The van der Waals surface area contributed by atoms with Gasteiger partial charge in [0.15, 0.2) is 0 Å². The van der Waals surface area contributed by atoms with Crippen LogP contribution in [0.3, 0.4) is 0 Å². The summed E-state index contributed by atoms with van der Waals surface area (Å²) >= 11 is 0. The molecule has 0 unspecified atom stereocenters. The SMILES string of the molecule is CCOC(=O)[C@@](O)(c1ccc(OC)cc1)c1cn(C(=O)OC(C)(C)C)c2ccc(C)cc12. The van der Waals surface area contributed by atoms with Crippen LogP contribution >= 0.6 is 0 Å². The third kappa shape index (κ3) is 4.34. The van der Waals surface area contributed by atoms with E-state index in [9.17, 15) is 14.7 Å². The Morgan fingerprint density at radius 3 is 2.28 bits per heavy atom. The van der Waals surface area contributed by atoms with E-state index in [1.807, 2.05) is 19.1 Å². The van der Waals surface area contributed by atoms with Crippen molar-refractivity contribution in [3.8, 4) is 5.75 Å². The van der Waals surface area contributed by atoms with Gasteiger partial charge >= 0.3 is 12.1 Å². The van der Waals surface area contributed by atoms with Crippen molar-refractivity contribution < 1.29 is 28.9 Å². The second-order valence-corrected chi connectivity index (χ2v) is 8.57. The number of ether oxygens (including phenoxy) is 3. The molecule has 170 valence electrons. The number of benzene rings is 2. The van der Waals surface area contributed by atoms with E-state index in [1.165, 1.54) is 17.9 Å². The minimum Gasteiger partial charge on any atom is -0.497 e. The Labute approximate surface area is 187 Å². The topological polar surface area (TPSA) is 87.0 Å². The van der Waals surface area contributed by atoms with Crippen molar-refractivity contribution in [1.82, 2.24) is 4.57 Å². The molecule has 0 saturated carbocycles. The number of aromatic nitrogens is 1. The first-order valence-electron chi connectivity index (χ1n) is 10.4. The molecular weight excluding hydrogens is 410 g/mol. The van der Waals surface area contributed by atoms with Gasteiger partial charge in [-0.3, -0.25) is 4.57 Å². The van der Waals surface area contributed by atoms with Crippen LogP contribution in [0.2, 0.25) is 0 Å². The van der Waals surface area contributed by atoms with Crippen molar-refractivity contribution in [1.29, 1.82) is 0 Å². The van der Waals surface area contributed by atoms with Gasteiger partial charge in [0.05, 0.1) is 19.2 Å². The summed E-state index contributed by atoms with van der Waals surface area (Å²) in [6, 6.07) is 11.9. The van der Waals surface area contributed by atoms with Crippen LogP contribution in [0.4, 0.5) is 4.79 Å². The second kappa shape index (κ2) is 8.67. The van der Waals surface area contributed by atoms with Gasteiger partial charge in [-0.2, -0.15) is 0 Å². The van der Waals surface area contributed by atoms with Gasteiger partial charge < -0.3 is 19.3 Å². The van der Waals surface area contributed by atoms with Gasteiger partial charge in [-0.15, -0.1) is 0 Å². The maximum absolute atomic E-state index is 13.1. The fourth-order valence-corrected chi connectivity index (χ4v) is 3.55. The Kier molecular flexibility index (Phi) is 6.32. The fourth-order valence-electron chi connectivity index (χ4n) is 3.55.